The minimum absolute atomic E-state index is 0.116. The molecule has 3 fully saturated rings. The summed E-state index contributed by atoms with van der Waals surface area (Å²) in [6.07, 6.45) is 6.36. The fourth-order valence-corrected chi connectivity index (χ4v) is 7.42. The summed E-state index contributed by atoms with van der Waals surface area (Å²) in [5, 5.41) is 13.3. The van der Waals surface area contributed by atoms with Crippen molar-refractivity contribution in [2.75, 3.05) is 58.2 Å². The lowest BCUT2D eigenvalue weighted by Gasteiger charge is -2.37. The molecule has 7 rings (SSSR count). The number of methoxy groups -OCH3 is 1. The summed E-state index contributed by atoms with van der Waals surface area (Å²) in [4.78, 5) is 55.9. The van der Waals surface area contributed by atoms with Crippen molar-refractivity contribution in [1.29, 1.82) is 0 Å². The maximum atomic E-state index is 13.3. The summed E-state index contributed by atoms with van der Waals surface area (Å²) >= 11 is 0. The van der Waals surface area contributed by atoms with Crippen molar-refractivity contribution in [3.8, 4) is 16.9 Å². The summed E-state index contributed by atoms with van der Waals surface area (Å²) in [5.74, 6) is 0.933. The molecule has 1 unspecified atom stereocenters. The van der Waals surface area contributed by atoms with Crippen molar-refractivity contribution in [2.24, 2.45) is 7.05 Å². The Labute approximate surface area is 290 Å². The zero-order valence-corrected chi connectivity index (χ0v) is 28.6. The second-order valence-electron chi connectivity index (χ2n) is 13.6. The molecule has 4 aromatic rings. The molecular weight excluding hydrogens is 636 g/mol. The van der Waals surface area contributed by atoms with Crippen LogP contribution in [0.4, 0.5) is 5.69 Å². The van der Waals surface area contributed by atoms with E-state index in [9.17, 15) is 19.2 Å². The normalized spacial score (nSPS) is 19.5. The standard InChI is InChI=1S/C37H44N8O5/c1-42-22-30(29-20-38-41-35(29)37(42)49)26-3-4-27(32(19-26)50-2)21-44-15-17-45(18-16-44)34(47)23-43-13-11-25(12-14-43)24-5-7-28(8-6-24)39-31-9-10-33(46)40-36(31)48/h3-8,19-20,22,25,31,39H,9-18,21,23H2,1-2H3,(H,38,41)(H,40,46,48). The fourth-order valence-electron chi connectivity index (χ4n) is 7.42. The number of piperazine rings is 1. The molecule has 2 aromatic heterocycles. The molecule has 13 nitrogen and oxygen atoms in total. The third-order valence-corrected chi connectivity index (χ3v) is 10.4. The highest BCUT2D eigenvalue weighted by molar-refractivity contribution is 6.01. The Morgan fingerprint density at radius 3 is 2.44 bits per heavy atom. The fraction of sp³-hybridized carbons (Fsp3) is 0.432. The first-order chi connectivity index (χ1) is 24.2. The molecule has 50 heavy (non-hydrogen) atoms. The monoisotopic (exact) mass is 680 g/mol. The highest BCUT2D eigenvalue weighted by atomic mass is 16.5. The van der Waals surface area contributed by atoms with Gasteiger partial charge in [-0.05, 0) is 67.6 Å². The highest BCUT2D eigenvalue weighted by Crippen LogP contribution is 2.32. The van der Waals surface area contributed by atoms with E-state index in [0.717, 1.165) is 79.1 Å². The number of aryl methyl sites for hydroxylation is 1. The molecular formula is C37H44N8O5. The minimum Gasteiger partial charge on any atom is -0.496 e. The second-order valence-corrected chi connectivity index (χ2v) is 13.6. The molecule has 3 aliphatic rings. The average molecular weight is 681 g/mol. The minimum atomic E-state index is -0.390. The van der Waals surface area contributed by atoms with Crippen LogP contribution in [0, 0.1) is 0 Å². The van der Waals surface area contributed by atoms with Gasteiger partial charge in [-0.3, -0.25) is 39.4 Å². The number of fused-ring (bicyclic) bond motifs is 1. The van der Waals surface area contributed by atoms with Crippen LogP contribution in [-0.4, -0.2) is 106 Å². The predicted octanol–water partition coefficient (Wildman–Crippen LogP) is 2.68. The number of likely N-dealkylation sites (tertiary alicyclic amines) is 1. The van der Waals surface area contributed by atoms with E-state index in [4.69, 9.17) is 4.74 Å². The Bertz CT molecular complexity index is 1940. The maximum Gasteiger partial charge on any atom is 0.276 e. The number of hydrogen-bond donors (Lipinski definition) is 3. The zero-order valence-electron chi connectivity index (χ0n) is 28.6. The molecule has 3 amide bonds. The lowest BCUT2D eigenvalue weighted by Crippen LogP contribution is -2.51. The summed E-state index contributed by atoms with van der Waals surface area (Å²) in [6, 6.07) is 14.0. The van der Waals surface area contributed by atoms with Crippen LogP contribution >= 0.6 is 0 Å². The number of aromatic amines is 1. The number of H-pyrrole nitrogens is 1. The Morgan fingerprint density at radius 1 is 0.960 bits per heavy atom. The van der Waals surface area contributed by atoms with E-state index in [1.54, 1.807) is 24.9 Å². The molecule has 3 saturated heterocycles. The van der Waals surface area contributed by atoms with Crippen molar-refractivity contribution >= 4 is 34.3 Å². The molecule has 5 heterocycles. The van der Waals surface area contributed by atoms with Gasteiger partial charge in [0.15, 0.2) is 0 Å². The van der Waals surface area contributed by atoms with Crippen molar-refractivity contribution in [2.45, 2.75) is 44.2 Å². The van der Waals surface area contributed by atoms with Crippen molar-refractivity contribution in [3.05, 3.63) is 76.3 Å². The van der Waals surface area contributed by atoms with Gasteiger partial charge in [-0.2, -0.15) is 5.10 Å². The Morgan fingerprint density at radius 2 is 1.72 bits per heavy atom. The third kappa shape index (κ3) is 7.15. The van der Waals surface area contributed by atoms with E-state index in [0.29, 0.717) is 43.9 Å². The van der Waals surface area contributed by atoms with E-state index in [2.05, 4.69) is 54.9 Å². The second kappa shape index (κ2) is 14.5. The lowest BCUT2D eigenvalue weighted by atomic mass is 9.89. The van der Waals surface area contributed by atoms with Gasteiger partial charge in [0.1, 0.15) is 17.3 Å². The molecule has 0 bridgehead atoms. The molecule has 3 aliphatic heterocycles. The number of nitrogens with one attached hydrogen (secondary N) is 3. The lowest BCUT2D eigenvalue weighted by molar-refractivity contribution is -0.135. The maximum absolute atomic E-state index is 13.3. The van der Waals surface area contributed by atoms with E-state index < -0.39 is 0 Å². The molecule has 1 atom stereocenters. The zero-order chi connectivity index (χ0) is 34.8. The van der Waals surface area contributed by atoms with Gasteiger partial charge >= 0.3 is 0 Å². The molecule has 0 saturated carbocycles. The molecule has 13 heteroatoms. The molecule has 0 spiro atoms. The summed E-state index contributed by atoms with van der Waals surface area (Å²) < 4.78 is 7.36. The average Bonchev–Trinajstić information content (AvgIpc) is 3.63. The number of benzene rings is 2. The van der Waals surface area contributed by atoms with Crippen LogP contribution in [0.3, 0.4) is 0 Å². The number of carbonyl (C=O) groups excluding carboxylic acids is 3. The number of anilines is 1. The van der Waals surface area contributed by atoms with Crippen LogP contribution in [0.15, 0.2) is 59.7 Å². The number of pyridine rings is 1. The number of hydrogen-bond acceptors (Lipinski definition) is 9. The Kier molecular flexibility index (Phi) is 9.68. The van der Waals surface area contributed by atoms with Gasteiger partial charge in [0.2, 0.25) is 17.7 Å². The van der Waals surface area contributed by atoms with Crippen LogP contribution in [0.25, 0.3) is 22.0 Å². The van der Waals surface area contributed by atoms with E-state index in [1.165, 1.54) is 5.56 Å². The molecule has 0 radical (unpaired) electrons. The number of carbonyl (C=O) groups is 3. The van der Waals surface area contributed by atoms with Gasteiger partial charge in [-0.1, -0.05) is 24.3 Å². The topological polar surface area (TPSA) is 145 Å². The molecule has 262 valence electrons. The van der Waals surface area contributed by atoms with Gasteiger partial charge in [-0.15, -0.1) is 0 Å². The first-order valence-corrected chi connectivity index (χ1v) is 17.4. The highest BCUT2D eigenvalue weighted by Gasteiger charge is 2.28. The van der Waals surface area contributed by atoms with Gasteiger partial charge in [0.25, 0.3) is 5.56 Å². The summed E-state index contributed by atoms with van der Waals surface area (Å²) in [7, 11) is 3.41. The first kappa shape index (κ1) is 33.5. The smallest absolute Gasteiger partial charge is 0.276 e. The first-order valence-electron chi connectivity index (χ1n) is 17.4. The van der Waals surface area contributed by atoms with Crippen molar-refractivity contribution < 1.29 is 19.1 Å². The SMILES string of the molecule is COc1cc(-c2cn(C)c(=O)c3[nH]ncc23)ccc1CN1CCN(C(=O)CN2CCC(c3ccc(NC4CCC(=O)NC4=O)cc3)CC2)CC1. The summed E-state index contributed by atoms with van der Waals surface area (Å²) in [6.45, 7) is 5.93. The van der Waals surface area contributed by atoms with Gasteiger partial charge in [-0.25, -0.2) is 0 Å². The van der Waals surface area contributed by atoms with Crippen molar-refractivity contribution in [3.63, 3.8) is 0 Å². The quantitative estimate of drug-likeness (QED) is 0.227. The van der Waals surface area contributed by atoms with Gasteiger partial charge in [0.05, 0.1) is 19.9 Å². The number of piperidine rings is 2. The molecule has 3 N–H and O–H groups in total. The van der Waals surface area contributed by atoms with E-state index in [1.807, 2.05) is 29.3 Å². The molecule has 2 aromatic carbocycles. The van der Waals surface area contributed by atoms with Gasteiger partial charge < -0.3 is 19.5 Å². The number of aromatic nitrogens is 3. The number of amides is 3. The summed E-state index contributed by atoms with van der Waals surface area (Å²) in [5.41, 5.74) is 5.45. The van der Waals surface area contributed by atoms with E-state index in [-0.39, 0.29) is 29.3 Å². The third-order valence-electron chi connectivity index (χ3n) is 10.4. The molecule has 0 aliphatic carbocycles. The predicted molar refractivity (Wildman–Crippen MR) is 190 cm³/mol. The van der Waals surface area contributed by atoms with Crippen LogP contribution in [0.5, 0.6) is 5.75 Å². The van der Waals surface area contributed by atoms with Crippen molar-refractivity contribution in [1.82, 2.24) is 34.8 Å². The Balaban J connectivity index is 0.870. The van der Waals surface area contributed by atoms with Crippen LogP contribution in [-0.2, 0) is 28.0 Å². The van der Waals surface area contributed by atoms with E-state index >= 15 is 0 Å². The number of imide groups is 1. The van der Waals surface area contributed by atoms with Crippen LogP contribution < -0.4 is 20.9 Å². The number of ether oxygens (including phenoxy) is 1. The number of nitrogens with zero attached hydrogens (tertiary/aromatic N) is 5. The largest absolute Gasteiger partial charge is 0.496 e. The Hall–Kier alpha value is -5.01. The number of rotatable bonds is 9. The van der Waals surface area contributed by atoms with Crippen LogP contribution in [0.2, 0.25) is 0 Å². The van der Waals surface area contributed by atoms with Gasteiger partial charge in [0, 0.05) is 74.6 Å². The van der Waals surface area contributed by atoms with Crippen LogP contribution in [0.1, 0.15) is 42.7 Å².